The summed E-state index contributed by atoms with van der Waals surface area (Å²) < 4.78 is 2.71. The van der Waals surface area contributed by atoms with Crippen LogP contribution in [0.15, 0.2) is 34.9 Å². The predicted octanol–water partition coefficient (Wildman–Crippen LogP) is 4.89. The summed E-state index contributed by atoms with van der Waals surface area (Å²) in [5.74, 6) is 0. The number of fused-ring (bicyclic) bond motifs is 1. The minimum Gasteiger partial charge on any atom is -0.233 e. The van der Waals surface area contributed by atoms with E-state index in [1.165, 1.54) is 0 Å². The third kappa shape index (κ3) is 2.93. The monoisotopic (exact) mass is 383 g/mol. The van der Waals surface area contributed by atoms with E-state index in [4.69, 9.17) is 23.2 Å². The van der Waals surface area contributed by atoms with Gasteiger partial charge in [-0.25, -0.2) is 9.50 Å². The lowest BCUT2D eigenvalue weighted by Gasteiger charge is -2.08. The van der Waals surface area contributed by atoms with E-state index in [-0.39, 0.29) is 0 Å². The van der Waals surface area contributed by atoms with Gasteiger partial charge in [0.25, 0.3) is 0 Å². The van der Waals surface area contributed by atoms with Gasteiger partial charge in [0.1, 0.15) is 0 Å². The first-order chi connectivity index (χ1) is 10.1. The Kier molecular flexibility index (Phi) is 4.20. The van der Waals surface area contributed by atoms with Gasteiger partial charge in [0.15, 0.2) is 5.65 Å². The molecule has 0 aliphatic rings. The van der Waals surface area contributed by atoms with Crippen LogP contribution >= 0.6 is 39.1 Å². The number of rotatable bonds is 3. The molecule has 0 saturated heterocycles. The highest BCUT2D eigenvalue weighted by atomic mass is 79.9. The van der Waals surface area contributed by atoms with E-state index in [1.54, 1.807) is 6.20 Å². The van der Waals surface area contributed by atoms with Gasteiger partial charge in [0.05, 0.1) is 10.7 Å². The summed E-state index contributed by atoms with van der Waals surface area (Å²) in [4.78, 5) is 4.64. The zero-order valence-corrected chi connectivity index (χ0v) is 14.4. The van der Waals surface area contributed by atoms with Crippen molar-refractivity contribution >= 4 is 44.8 Å². The maximum atomic E-state index is 6.20. The van der Waals surface area contributed by atoms with Gasteiger partial charge in [-0.2, -0.15) is 5.10 Å². The minimum atomic E-state index is 0.700. The van der Waals surface area contributed by atoms with Crippen molar-refractivity contribution in [3.05, 3.63) is 61.9 Å². The molecule has 0 bridgehead atoms. The Labute approximate surface area is 141 Å². The van der Waals surface area contributed by atoms with E-state index < -0.39 is 0 Å². The second-order valence-electron chi connectivity index (χ2n) is 4.82. The molecule has 0 spiro atoms. The molecule has 0 atom stereocenters. The number of nitrogens with zero attached hydrogens (tertiary/aromatic N) is 3. The second kappa shape index (κ2) is 5.95. The number of hydrogen-bond donors (Lipinski definition) is 0. The van der Waals surface area contributed by atoms with E-state index in [1.807, 2.05) is 35.7 Å². The van der Waals surface area contributed by atoms with Crippen LogP contribution in [0, 0.1) is 6.92 Å². The quantitative estimate of drug-likeness (QED) is 0.643. The lowest BCUT2D eigenvalue weighted by atomic mass is 10.1. The third-order valence-corrected chi connectivity index (χ3v) is 4.62. The number of halogens is 3. The van der Waals surface area contributed by atoms with Crippen LogP contribution in [0.1, 0.15) is 17.0 Å². The SMILES string of the molecule is Cc1cc(CCc2c(Cl)cccc2Cl)nc2c(Br)cnn12. The van der Waals surface area contributed by atoms with Gasteiger partial charge >= 0.3 is 0 Å². The van der Waals surface area contributed by atoms with Gasteiger partial charge in [-0.3, -0.25) is 0 Å². The summed E-state index contributed by atoms with van der Waals surface area (Å²) in [5, 5.41) is 5.67. The molecular formula is C15H12BrCl2N3. The summed E-state index contributed by atoms with van der Waals surface area (Å²) in [6, 6.07) is 7.61. The number of benzene rings is 1. The summed E-state index contributed by atoms with van der Waals surface area (Å²) in [7, 11) is 0. The normalized spacial score (nSPS) is 11.2. The number of hydrogen-bond acceptors (Lipinski definition) is 2. The van der Waals surface area contributed by atoms with Crippen LogP contribution in [-0.2, 0) is 12.8 Å². The summed E-state index contributed by atoms with van der Waals surface area (Å²) in [6.07, 6.45) is 3.29. The molecule has 0 amide bonds. The first-order valence-corrected chi connectivity index (χ1v) is 8.04. The Morgan fingerprint density at radius 3 is 2.62 bits per heavy atom. The topological polar surface area (TPSA) is 30.2 Å². The third-order valence-electron chi connectivity index (χ3n) is 3.35. The van der Waals surface area contributed by atoms with Gasteiger partial charge in [-0.1, -0.05) is 29.3 Å². The van der Waals surface area contributed by atoms with Crippen LogP contribution in [-0.4, -0.2) is 14.6 Å². The Bertz CT molecular complexity index is 794. The second-order valence-corrected chi connectivity index (χ2v) is 6.49. The first-order valence-electron chi connectivity index (χ1n) is 6.49. The molecule has 0 saturated carbocycles. The fourth-order valence-electron chi connectivity index (χ4n) is 2.30. The van der Waals surface area contributed by atoms with Crippen molar-refractivity contribution in [2.24, 2.45) is 0 Å². The Morgan fingerprint density at radius 2 is 1.90 bits per heavy atom. The minimum absolute atomic E-state index is 0.700. The van der Waals surface area contributed by atoms with Crippen LogP contribution in [0.25, 0.3) is 5.65 Å². The molecule has 6 heteroatoms. The number of aromatic nitrogens is 3. The van der Waals surface area contributed by atoms with Crippen LogP contribution in [0.2, 0.25) is 10.0 Å². The van der Waals surface area contributed by atoms with Crippen molar-refractivity contribution in [1.29, 1.82) is 0 Å². The predicted molar refractivity (Wildman–Crippen MR) is 89.3 cm³/mol. The van der Waals surface area contributed by atoms with Crippen LogP contribution in [0.4, 0.5) is 0 Å². The van der Waals surface area contributed by atoms with Crippen molar-refractivity contribution in [3.8, 4) is 0 Å². The van der Waals surface area contributed by atoms with Gasteiger partial charge in [-0.15, -0.1) is 0 Å². The van der Waals surface area contributed by atoms with Gasteiger partial charge in [-0.05, 0) is 59.5 Å². The van der Waals surface area contributed by atoms with Crippen molar-refractivity contribution in [2.45, 2.75) is 19.8 Å². The van der Waals surface area contributed by atoms with E-state index in [0.29, 0.717) is 10.0 Å². The maximum absolute atomic E-state index is 6.20. The number of aryl methyl sites for hydroxylation is 2. The molecule has 0 N–H and O–H groups in total. The Balaban J connectivity index is 1.90. The molecular weight excluding hydrogens is 373 g/mol. The zero-order valence-electron chi connectivity index (χ0n) is 11.3. The lowest BCUT2D eigenvalue weighted by molar-refractivity contribution is 0.850. The van der Waals surface area contributed by atoms with Crippen LogP contribution < -0.4 is 0 Å². The van der Waals surface area contributed by atoms with Gasteiger partial charge < -0.3 is 0 Å². The molecule has 0 unspecified atom stereocenters. The molecule has 3 nitrogen and oxygen atoms in total. The molecule has 2 aromatic heterocycles. The standard InChI is InChI=1S/C15H12BrCl2N3/c1-9-7-10(20-15-12(16)8-19-21(9)15)5-6-11-13(17)3-2-4-14(11)18/h2-4,7-8H,5-6H2,1H3. The Morgan fingerprint density at radius 1 is 1.19 bits per heavy atom. The molecule has 0 aliphatic heterocycles. The van der Waals surface area contributed by atoms with E-state index in [0.717, 1.165) is 39.9 Å². The summed E-state index contributed by atoms with van der Waals surface area (Å²) in [6.45, 7) is 2.01. The van der Waals surface area contributed by atoms with E-state index >= 15 is 0 Å². The molecule has 0 radical (unpaired) electrons. The first kappa shape index (κ1) is 14.8. The maximum Gasteiger partial charge on any atom is 0.169 e. The molecule has 3 rings (SSSR count). The molecule has 3 aromatic rings. The molecule has 108 valence electrons. The van der Waals surface area contributed by atoms with Crippen molar-refractivity contribution in [2.75, 3.05) is 0 Å². The fourth-order valence-corrected chi connectivity index (χ4v) is 3.24. The van der Waals surface area contributed by atoms with E-state index in [9.17, 15) is 0 Å². The average molecular weight is 385 g/mol. The van der Waals surface area contributed by atoms with E-state index in [2.05, 4.69) is 26.0 Å². The average Bonchev–Trinajstić information content (AvgIpc) is 2.81. The van der Waals surface area contributed by atoms with Crippen molar-refractivity contribution in [3.63, 3.8) is 0 Å². The lowest BCUT2D eigenvalue weighted by Crippen LogP contribution is -2.02. The largest absolute Gasteiger partial charge is 0.233 e. The van der Waals surface area contributed by atoms with Crippen molar-refractivity contribution < 1.29 is 0 Å². The van der Waals surface area contributed by atoms with Gasteiger partial charge in [0.2, 0.25) is 0 Å². The van der Waals surface area contributed by atoms with Crippen LogP contribution in [0.3, 0.4) is 0 Å². The molecule has 21 heavy (non-hydrogen) atoms. The molecule has 1 aromatic carbocycles. The summed E-state index contributed by atoms with van der Waals surface area (Å²) >= 11 is 15.9. The smallest absolute Gasteiger partial charge is 0.169 e. The highest BCUT2D eigenvalue weighted by Gasteiger charge is 2.10. The fraction of sp³-hybridized carbons (Fsp3) is 0.200. The highest BCUT2D eigenvalue weighted by molar-refractivity contribution is 9.10. The van der Waals surface area contributed by atoms with Crippen molar-refractivity contribution in [1.82, 2.24) is 14.6 Å². The van der Waals surface area contributed by atoms with Crippen LogP contribution in [0.5, 0.6) is 0 Å². The Hall–Kier alpha value is -1.10. The van der Waals surface area contributed by atoms with Gasteiger partial charge in [0, 0.05) is 21.4 Å². The summed E-state index contributed by atoms with van der Waals surface area (Å²) in [5.41, 5.74) is 3.84. The molecule has 0 fully saturated rings. The molecule has 0 aliphatic carbocycles. The highest BCUT2D eigenvalue weighted by Crippen LogP contribution is 2.26. The molecule has 2 heterocycles. The zero-order chi connectivity index (χ0) is 15.0.